The van der Waals surface area contributed by atoms with E-state index in [0.29, 0.717) is 11.5 Å². The van der Waals surface area contributed by atoms with Gasteiger partial charge < -0.3 is 4.42 Å². The molecule has 0 unspecified atom stereocenters. The Bertz CT molecular complexity index is 728. The average Bonchev–Trinajstić information content (AvgIpc) is 2.88. The van der Waals surface area contributed by atoms with E-state index in [0.717, 1.165) is 16.5 Å². The molecule has 2 aromatic heterocycles. The molecule has 0 aliphatic carbocycles. The summed E-state index contributed by atoms with van der Waals surface area (Å²) in [6, 6.07) is 13.3. The third-order valence-electron chi connectivity index (χ3n) is 2.84. The van der Waals surface area contributed by atoms with Gasteiger partial charge in [-0.1, -0.05) is 6.07 Å². The number of Topliss-reactive ketones (excluding diaryl/α,β-unsaturated/α-hetero) is 1. The van der Waals surface area contributed by atoms with Gasteiger partial charge in [-0.25, -0.2) is 0 Å². The lowest BCUT2D eigenvalue weighted by Gasteiger charge is -2.00. The Labute approximate surface area is 104 Å². The second kappa shape index (κ2) is 4.11. The SMILES string of the molecule is CC(=O)c1ccc(-c2ccc3ncccc3c2)o1. The van der Waals surface area contributed by atoms with Crippen LogP contribution < -0.4 is 0 Å². The summed E-state index contributed by atoms with van der Waals surface area (Å²) in [5.74, 6) is 1.02. The Morgan fingerprint density at radius 2 is 2.06 bits per heavy atom. The van der Waals surface area contributed by atoms with Crippen molar-refractivity contribution in [3.05, 3.63) is 54.4 Å². The Balaban J connectivity index is 2.10. The third-order valence-corrected chi connectivity index (χ3v) is 2.84. The van der Waals surface area contributed by atoms with Gasteiger partial charge in [0.2, 0.25) is 0 Å². The van der Waals surface area contributed by atoms with Crippen molar-refractivity contribution in [3.63, 3.8) is 0 Å². The number of aromatic nitrogens is 1. The number of nitrogens with zero attached hydrogens (tertiary/aromatic N) is 1. The molecule has 0 aliphatic heterocycles. The van der Waals surface area contributed by atoms with E-state index in [1.165, 1.54) is 6.92 Å². The first-order chi connectivity index (χ1) is 8.74. The molecular weight excluding hydrogens is 226 g/mol. The summed E-state index contributed by atoms with van der Waals surface area (Å²) in [4.78, 5) is 15.5. The lowest BCUT2D eigenvalue weighted by molar-refractivity contribution is 0.0988. The highest BCUT2D eigenvalue weighted by molar-refractivity contribution is 5.92. The van der Waals surface area contributed by atoms with Gasteiger partial charge in [0.05, 0.1) is 5.52 Å². The Kier molecular flexibility index (Phi) is 2.45. The van der Waals surface area contributed by atoms with Crippen molar-refractivity contribution in [1.29, 1.82) is 0 Å². The van der Waals surface area contributed by atoms with E-state index in [-0.39, 0.29) is 5.78 Å². The van der Waals surface area contributed by atoms with Crippen molar-refractivity contribution in [2.75, 3.05) is 0 Å². The fourth-order valence-corrected chi connectivity index (χ4v) is 1.91. The van der Waals surface area contributed by atoms with Crippen LogP contribution in [-0.2, 0) is 0 Å². The molecule has 2 heterocycles. The number of furan rings is 1. The van der Waals surface area contributed by atoms with Crippen LogP contribution in [0.1, 0.15) is 17.5 Å². The number of carbonyl (C=O) groups is 1. The van der Waals surface area contributed by atoms with Gasteiger partial charge in [0.25, 0.3) is 0 Å². The van der Waals surface area contributed by atoms with Crippen molar-refractivity contribution < 1.29 is 9.21 Å². The molecule has 0 saturated carbocycles. The first-order valence-corrected chi connectivity index (χ1v) is 5.70. The van der Waals surface area contributed by atoms with Crippen LogP contribution in [0.15, 0.2) is 53.1 Å². The molecule has 18 heavy (non-hydrogen) atoms. The Morgan fingerprint density at radius 1 is 1.17 bits per heavy atom. The lowest BCUT2D eigenvalue weighted by Crippen LogP contribution is -1.86. The van der Waals surface area contributed by atoms with Gasteiger partial charge in [0.1, 0.15) is 5.76 Å². The van der Waals surface area contributed by atoms with E-state index in [1.807, 2.05) is 36.4 Å². The minimum absolute atomic E-state index is 0.0660. The minimum Gasteiger partial charge on any atom is -0.453 e. The van der Waals surface area contributed by atoms with Crippen molar-refractivity contribution in [2.45, 2.75) is 6.92 Å². The maximum Gasteiger partial charge on any atom is 0.194 e. The molecule has 3 aromatic rings. The summed E-state index contributed by atoms with van der Waals surface area (Å²) in [6.45, 7) is 1.49. The standard InChI is InChI=1S/C15H11NO2/c1-10(17)14-6-7-15(18-14)12-4-5-13-11(9-12)3-2-8-16-13/h2-9H,1H3. The predicted molar refractivity (Wildman–Crippen MR) is 69.4 cm³/mol. The maximum atomic E-state index is 11.2. The van der Waals surface area contributed by atoms with E-state index in [9.17, 15) is 4.79 Å². The number of rotatable bonds is 2. The minimum atomic E-state index is -0.0660. The van der Waals surface area contributed by atoms with E-state index in [2.05, 4.69) is 4.98 Å². The molecule has 1 aromatic carbocycles. The van der Waals surface area contributed by atoms with Gasteiger partial charge in [-0.3, -0.25) is 9.78 Å². The molecule has 0 aliphatic rings. The summed E-state index contributed by atoms with van der Waals surface area (Å²) >= 11 is 0. The van der Waals surface area contributed by atoms with E-state index < -0.39 is 0 Å². The van der Waals surface area contributed by atoms with Crippen molar-refractivity contribution >= 4 is 16.7 Å². The first kappa shape index (κ1) is 10.7. The molecule has 3 heteroatoms. The molecule has 0 atom stereocenters. The van der Waals surface area contributed by atoms with Crippen molar-refractivity contribution in [3.8, 4) is 11.3 Å². The number of ketones is 1. The summed E-state index contributed by atoms with van der Waals surface area (Å²) in [7, 11) is 0. The molecule has 0 amide bonds. The smallest absolute Gasteiger partial charge is 0.194 e. The number of carbonyl (C=O) groups excluding carboxylic acids is 1. The van der Waals surface area contributed by atoms with Crippen LogP contribution in [0.2, 0.25) is 0 Å². The second-order valence-electron chi connectivity index (χ2n) is 4.13. The highest BCUT2D eigenvalue weighted by Crippen LogP contribution is 2.25. The molecule has 3 rings (SSSR count). The molecule has 0 bridgehead atoms. The van der Waals surface area contributed by atoms with Crippen molar-refractivity contribution in [2.24, 2.45) is 0 Å². The summed E-state index contributed by atoms with van der Waals surface area (Å²) in [5, 5.41) is 1.05. The number of fused-ring (bicyclic) bond motifs is 1. The van der Waals surface area contributed by atoms with Crippen LogP contribution in [0.25, 0.3) is 22.2 Å². The summed E-state index contributed by atoms with van der Waals surface area (Å²) < 4.78 is 5.51. The van der Waals surface area contributed by atoms with Crippen molar-refractivity contribution in [1.82, 2.24) is 4.98 Å². The van der Waals surface area contributed by atoms with Gasteiger partial charge in [0, 0.05) is 24.1 Å². The molecule has 3 nitrogen and oxygen atoms in total. The van der Waals surface area contributed by atoms with Crippen LogP contribution in [0.3, 0.4) is 0 Å². The van der Waals surface area contributed by atoms with Gasteiger partial charge in [-0.05, 0) is 36.4 Å². The lowest BCUT2D eigenvalue weighted by atomic mass is 10.1. The number of benzene rings is 1. The number of hydrogen-bond donors (Lipinski definition) is 0. The fraction of sp³-hybridized carbons (Fsp3) is 0.0667. The normalized spacial score (nSPS) is 10.7. The van der Waals surface area contributed by atoms with Crippen LogP contribution >= 0.6 is 0 Å². The average molecular weight is 237 g/mol. The largest absolute Gasteiger partial charge is 0.453 e. The van der Waals surface area contributed by atoms with Crippen LogP contribution in [0, 0.1) is 0 Å². The van der Waals surface area contributed by atoms with Crippen LogP contribution in [0.5, 0.6) is 0 Å². The highest BCUT2D eigenvalue weighted by Gasteiger charge is 2.08. The molecule has 0 N–H and O–H groups in total. The Morgan fingerprint density at radius 3 is 2.83 bits per heavy atom. The van der Waals surface area contributed by atoms with Gasteiger partial charge in [-0.15, -0.1) is 0 Å². The number of hydrogen-bond acceptors (Lipinski definition) is 3. The van der Waals surface area contributed by atoms with E-state index in [1.54, 1.807) is 12.3 Å². The zero-order chi connectivity index (χ0) is 12.5. The highest BCUT2D eigenvalue weighted by atomic mass is 16.3. The molecule has 0 saturated heterocycles. The van der Waals surface area contributed by atoms with Gasteiger partial charge >= 0.3 is 0 Å². The molecule has 0 fully saturated rings. The molecule has 0 spiro atoms. The quantitative estimate of drug-likeness (QED) is 0.638. The predicted octanol–water partition coefficient (Wildman–Crippen LogP) is 3.70. The maximum absolute atomic E-state index is 11.2. The van der Waals surface area contributed by atoms with E-state index in [4.69, 9.17) is 4.42 Å². The monoisotopic (exact) mass is 237 g/mol. The van der Waals surface area contributed by atoms with Gasteiger partial charge in [0.15, 0.2) is 11.5 Å². The van der Waals surface area contributed by atoms with E-state index >= 15 is 0 Å². The Hall–Kier alpha value is -2.42. The first-order valence-electron chi connectivity index (χ1n) is 5.70. The molecule has 0 radical (unpaired) electrons. The zero-order valence-corrected chi connectivity index (χ0v) is 9.88. The van der Waals surface area contributed by atoms with Crippen LogP contribution in [-0.4, -0.2) is 10.8 Å². The topological polar surface area (TPSA) is 43.1 Å². The second-order valence-corrected chi connectivity index (χ2v) is 4.13. The van der Waals surface area contributed by atoms with Gasteiger partial charge in [-0.2, -0.15) is 0 Å². The van der Waals surface area contributed by atoms with Crippen LogP contribution in [0.4, 0.5) is 0 Å². The fourth-order valence-electron chi connectivity index (χ4n) is 1.91. The summed E-state index contributed by atoms with van der Waals surface area (Å²) in [6.07, 6.45) is 1.77. The zero-order valence-electron chi connectivity index (χ0n) is 9.88. The third kappa shape index (κ3) is 1.80. The number of pyridine rings is 1. The molecular formula is C15H11NO2. The molecule has 88 valence electrons. The summed E-state index contributed by atoms with van der Waals surface area (Å²) in [5.41, 5.74) is 1.89.